The zero-order chi connectivity index (χ0) is 16.4. The fourth-order valence-electron chi connectivity index (χ4n) is 3.32. The highest BCUT2D eigenvalue weighted by atomic mass is 32.2. The minimum Gasteiger partial charge on any atom is -0.356 e. The molecule has 8 heteroatoms. The van der Waals surface area contributed by atoms with Crippen molar-refractivity contribution >= 4 is 26.9 Å². The van der Waals surface area contributed by atoms with Gasteiger partial charge in [0.25, 0.3) is 0 Å². The summed E-state index contributed by atoms with van der Waals surface area (Å²) in [5, 5.41) is 1.04. The van der Waals surface area contributed by atoms with E-state index < -0.39 is 10.0 Å². The highest BCUT2D eigenvalue weighted by Gasteiger charge is 2.26. The molecule has 0 radical (unpaired) electrons. The summed E-state index contributed by atoms with van der Waals surface area (Å²) >= 11 is 0. The number of H-pyrrole nitrogens is 1. The van der Waals surface area contributed by atoms with Crippen LogP contribution in [0, 0.1) is 5.92 Å². The van der Waals surface area contributed by atoms with E-state index in [1.807, 2.05) is 12.3 Å². The third-order valence-electron chi connectivity index (χ3n) is 4.67. The lowest BCUT2D eigenvalue weighted by molar-refractivity contribution is 0.320. The molecule has 0 amide bonds. The molecule has 1 aliphatic rings. The van der Waals surface area contributed by atoms with E-state index in [-0.39, 0.29) is 0 Å². The van der Waals surface area contributed by atoms with Gasteiger partial charge in [-0.15, -0.1) is 0 Å². The Morgan fingerprint density at radius 3 is 2.74 bits per heavy atom. The van der Waals surface area contributed by atoms with E-state index in [0.29, 0.717) is 18.5 Å². The summed E-state index contributed by atoms with van der Waals surface area (Å²) in [7, 11) is -1.02. The van der Waals surface area contributed by atoms with Crippen molar-refractivity contribution in [2.45, 2.75) is 31.7 Å². The number of hydrogen-bond acceptors (Lipinski definition) is 5. The Balaban J connectivity index is 1.62. The standard InChI is InChI=1S/C15H23N5O2S/c1-20(15-13-7-8-16-14(13)17-10-18-15)12-5-3-11(4-6-12)9-19-23(2,21)22/h7-8,10-12,19H,3-6,9H2,1-2H3,(H,16,17,18). The van der Waals surface area contributed by atoms with Crippen LogP contribution in [0.4, 0.5) is 5.82 Å². The maximum Gasteiger partial charge on any atom is 0.208 e. The summed E-state index contributed by atoms with van der Waals surface area (Å²) in [4.78, 5) is 14.0. The van der Waals surface area contributed by atoms with Gasteiger partial charge < -0.3 is 9.88 Å². The second-order valence-corrected chi connectivity index (χ2v) is 8.18. The van der Waals surface area contributed by atoms with Crippen LogP contribution >= 0.6 is 0 Å². The van der Waals surface area contributed by atoms with E-state index in [4.69, 9.17) is 0 Å². The summed E-state index contributed by atoms with van der Waals surface area (Å²) in [6.45, 7) is 0.546. The lowest BCUT2D eigenvalue weighted by Crippen LogP contribution is -2.38. The molecular weight excluding hydrogens is 314 g/mol. The third kappa shape index (κ3) is 3.81. The lowest BCUT2D eigenvalue weighted by atomic mass is 9.85. The summed E-state index contributed by atoms with van der Waals surface area (Å²) in [5.74, 6) is 1.38. The molecule has 0 atom stereocenters. The zero-order valence-electron chi connectivity index (χ0n) is 13.5. The second-order valence-electron chi connectivity index (χ2n) is 6.34. The van der Waals surface area contributed by atoms with Crippen molar-refractivity contribution < 1.29 is 8.42 Å². The summed E-state index contributed by atoms with van der Waals surface area (Å²) in [6.07, 6.45) is 8.82. The third-order valence-corrected chi connectivity index (χ3v) is 5.36. The van der Waals surface area contributed by atoms with Crippen LogP contribution in [0.15, 0.2) is 18.6 Å². The number of sulfonamides is 1. The van der Waals surface area contributed by atoms with Crippen LogP contribution in [0.5, 0.6) is 0 Å². The van der Waals surface area contributed by atoms with Crippen molar-refractivity contribution in [3.05, 3.63) is 18.6 Å². The predicted octanol–water partition coefficient (Wildman–Crippen LogP) is 1.50. The van der Waals surface area contributed by atoms with Crippen molar-refractivity contribution in [1.82, 2.24) is 19.7 Å². The van der Waals surface area contributed by atoms with Crippen LogP contribution in [-0.2, 0) is 10.0 Å². The van der Waals surface area contributed by atoms with E-state index >= 15 is 0 Å². The van der Waals surface area contributed by atoms with Gasteiger partial charge in [0.15, 0.2) is 0 Å². The molecule has 126 valence electrons. The van der Waals surface area contributed by atoms with Gasteiger partial charge in [0.05, 0.1) is 11.6 Å². The Morgan fingerprint density at radius 1 is 1.30 bits per heavy atom. The van der Waals surface area contributed by atoms with Crippen molar-refractivity contribution in [2.75, 3.05) is 24.7 Å². The van der Waals surface area contributed by atoms with Gasteiger partial charge in [0, 0.05) is 25.8 Å². The van der Waals surface area contributed by atoms with Gasteiger partial charge in [0.2, 0.25) is 10.0 Å². The fraction of sp³-hybridized carbons (Fsp3) is 0.600. The molecule has 2 heterocycles. The topological polar surface area (TPSA) is 91.0 Å². The Labute approximate surface area is 136 Å². The van der Waals surface area contributed by atoms with E-state index in [1.54, 1.807) is 6.33 Å². The minimum atomic E-state index is -3.10. The van der Waals surface area contributed by atoms with Crippen LogP contribution in [0.3, 0.4) is 0 Å². The molecule has 1 fully saturated rings. The summed E-state index contributed by atoms with van der Waals surface area (Å²) < 4.78 is 25.0. The molecule has 0 spiro atoms. The molecule has 2 aromatic rings. The van der Waals surface area contributed by atoms with Gasteiger partial charge in [-0.25, -0.2) is 23.1 Å². The molecule has 2 aromatic heterocycles. The molecule has 0 aromatic carbocycles. The molecule has 3 rings (SSSR count). The fourth-order valence-corrected chi connectivity index (χ4v) is 3.86. The number of hydrogen-bond donors (Lipinski definition) is 2. The number of rotatable bonds is 5. The van der Waals surface area contributed by atoms with E-state index in [1.165, 1.54) is 6.26 Å². The molecule has 0 saturated heterocycles. The molecule has 1 aliphatic carbocycles. The monoisotopic (exact) mass is 337 g/mol. The molecule has 2 N–H and O–H groups in total. The summed E-state index contributed by atoms with van der Waals surface area (Å²) in [6, 6.07) is 2.43. The average Bonchev–Trinajstić information content (AvgIpc) is 3.00. The lowest BCUT2D eigenvalue weighted by Gasteiger charge is -2.35. The first-order valence-corrected chi connectivity index (χ1v) is 9.79. The molecule has 0 aliphatic heterocycles. The smallest absolute Gasteiger partial charge is 0.208 e. The van der Waals surface area contributed by atoms with Gasteiger partial charge in [-0.2, -0.15) is 0 Å². The highest BCUT2D eigenvalue weighted by molar-refractivity contribution is 7.88. The van der Waals surface area contributed by atoms with Crippen molar-refractivity contribution in [1.29, 1.82) is 0 Å². The maximum atomic E-state index is 11.2. The van der Waals surface area contributed by atoms with E-state index in [2.05, 4.69) is 31.6 Å². The van der Waals surface area contributed by atoms with Crippen LogP contribution in [0.1, 0.15) is 25.7 Å². The van der Waals surface area contributed by atoms with Crippen LogP contribution in [0.2, 0.25) is 0 Å². The Morgan fingerprint density at radius 2 is 2.04 bits per heavy atom. The van der Waals surface area contributed by atoms with Crippen molar-refractivity contribution in [2.24, 2.45) is 5.92 Å². The molecule has 23 heavy (non-hydrogen) atoms. The number of anilines is 1. The number of aromatic nitrogens is 3. The second kappa shape index (κ2) is 6.45. The molecule has 0 unspecified atom stereocenters. The molecular formula is C15H23N5O2S. The normalized spacial score (nSPS) is 22.3. The minimum absolute atomic E-state index is 0.423. The van der Waals surface area contributed by atoms with Crippen molar-refractivity contribution in [3.8, 4) is 0 Å². The largest absolute Gasteiger partial charge is 0.356 e. The first-order valence-electron chi connectivity index (χ1n) is 7.89. The van der Waals surface area contributed by atoms with E-state index in [0.717, 1.165) is 42.5 Å². The van der Waals surface area contributed by atoms with Crippen LogP contribution < -0.4 is 9.62 Å². The predicted molar refractivity (Wildman–Crippen MR) is 90.9 cm³/mol. The quantitative estimate of drug-likeness (QED) is 0.863. The first-order chi connectivity index (χ1) is 10.9. The maximum absolute atomic E-state index is 11.2. The number of nitrogens with one attached hydrogen (secondary N) is 2. The Kier molecular flexibility index (Phi) is 4.54. The molecule has 0 bridgehead atoms. The van der Waals surface area contributed by atoms with E-state index in [9.17, 15) is 8.42 Å². The van der Waals surface area contributed by atoms with Gasteiger partial charge in [-0.3, -0.25) is 0 Å². The van der Waals surface area contributed by atoms with Crippen molar-refractivity contribution in [3.63, 3.8) is 0 Å². The van der Waals surface area contributed by atoms with Crippen LogP contribution in [0.25, 0.3) is 11.0 Å². The van der Waals surface area contributed by atoms with Crippen LogP contribution in [-0.4, -0.2) is 49.3 Å². The molecule has 1 saturated carbocycles. The number of aromatic amines is 1. The van der Waals surface area contributed by atoms with Gasteiger partial charge in [0.1, 0.15) is 17.8 Å². The Hall–Kier alpha value is -1.67. The number of fused-ring (bicyclic) bond motifs is 1. The Bertz CT molecular complexity index is 765. The number of nitrogens with zero attached hydrogens (tertiary/aromatic N) is 3. The zero-order valence-corrected chi connectivity index (χ0v) is 14.3. The summed E-state index contributed by atoms with van der Waals surface area (Å²) in [5.41, 5.74) is 0.855. The molecule has 7 nitrogen and oxygen atoms in total. The van der Waals surface area contributed by atoms with Gasteiger partial charge in [-0.1, -0.05) is 0 Å². The SMILES string of the molecule is CN(c1ncnc2[nH]ccc12)C1CCC(CNS(C)(=O)=O)CC1. The highest BCUT2D eigenvalue weighted by Crippen LogP contribution is 2.31. The average molecular weight is 337 g/mol. The van der Waals surface area contributed by atoms with Gasteiger partial charge >= 0.3 is 0 Å². The first kappa shape index (κ1) is 16.2. The van der Waals surface area contributed by atoms with Gasteiger partial charge in [-0.05, 0) is 37.7 Å².